The third kappa shape index (κ3) is 3.09. The lowest BCUT2D eigenvalue weighted by molar-refractivity contribution is -0.120. The van der Waals surface area contributed by atoms with E-state index in [0.717, 1.165) is 30.8 Å². The largest absolute Gasteiger partial charge is 0.484 e. The van der Waals surface area contributed by atoms with Gasteiger partial charge in [-0.2, -0.15) is 0 Å². The summed E-state index contributed by atoms with van der Waals surface area (Å²) in [6.45, 7) is 1.43. The lowest BCUT2D eigenvalue weighted by Crippen LogP contribution is -2.33. The van der Waals surface area contributed by atoms with Gasteiger partial charge in [0.1, 0.15) is 5.75 Å². The number of rotatable bonds is 4. The molecule has 128 valence electrons. The molecule has 0 atom stereocenters. The Kier molecular flexibility index (Phi) is 4.14. The number of hydrogen-bond donors (Lipinski definition) is 0. The summed E-state index contributed by atoms with van der Waals surface area (Å²) in [6, 6.07) is 15.4. The normalized spacial score (nSPS) is 16.2. The van der Waals surface area contributed by atoms with Gasteiger partial charge in [0.2, 0.25) is 5.91 Å². The highest BCUT2D eigenvalue weighted by molar-refractivity contribution is 5.97. The Hall–Kier alpha value is -2.82. The van der Waals surface area contributed by atoms with E-state index in [4.69, 9.17) is 4.74 Å². The first-order chi connectivity index (χ1) is 12.2. The van der Waals surface area contributed by atoms with Crippen molar-refractivity contribution in [3.8, 4) is 5.75 Å². The zero-order valence-electron chi connectivity index (χ0n) is 14.0. The molecule has 2 heterocycles. The predicted molar refractivity (Wildman–Crippen MR) is 96.0 cm³/mol. The molecule has 2 aromatic rings. The molecule has 0 bridgehead atoms. The van der Waals surface area contributed by atoms with Crippen LogP contribution in [-0.4, -0.2) is 31.5 Å². The van der Waals surface area contributed by atoms with Gasteiger partial charge in [0.25, 0.3) is 5.91 Å². The molecular weight excluding hydrogens is 316 g/mol. The zero-order valence-corrected chi connectivity index (χ0v) is 14.0. The van der Waals surface area contributed by atoms with Gasteiger partial charge in [-0.3, -0.25) is 9.59 Å². The molecule has 5 nitrogen and oxygen atoms in total. The molecule has 4 rings (SSSR count). The van der Waals surface area contributed by atoms with Gasteiger partial charge in [-0.05, 0) is 36.6 Å². The Balaban J connectivity index is 1.42. The molecule has 2 amide bonds. The Bertz CT molecular complexity index is 818. The van der Waals surface area contributed by atoms with Gasteiger partial charge >= 0.3 is 0 Å². The van der Waals surface area contributed by atoms with Crippen molar-refractivity contribution >= 4 is 23.2 Å². The van der Waals surface area contributed by atoms with Gasteiger partial charge < -0.3 is 14.5 Å². The van der Waals surface area contributed by atoms with Gasteiger partial charge in [0.15, 0.2) is 6.61 Å². The van der Waals surface area contributed by atoms with E-state index >= 15 is 0 Å². The summed E-state index contributed by atoms with van der Waals surface area (Å²) in [5.41, 5.74) is 3.01. The fourth-order valence-corrected chi connectivity index (χ4v) is 3.48. The molecule has 0 aromatic heterocycles. The Morgan fingerprint density at radius 2 is 1.92 bits per heavy atom. The monoisotopic (exact) mass is 336 g/mol. The molecule has 0 N–H and O–H groups in total. The van der Waals surface area contributed by atoms with Crippen LogP contribution in [0.3, 0.4) is 0 Å². The Morgan fingerprint density at radius 1 is 1.04 bits per heavy atom. The van der Waals surface area contributed by atoms with Crippen LogP contribution in [-0.2, 0) is 16.0 Å². The van der Waals surface area contributed by atoms with Crippen LogP contribution in [0.5, 0.6) is 5.75 Å². The van der Waals surface area contributed by atoms with E-state index in [1.165, 1.54) is 5.56 Å². The summed E-state index contributed by atoms with van der Waals surface area (Å²) >= 11 is 0. The van der Waals surface area contributed by atoms with Crippen molar-refractivity contribution in [3.05, 3.63) is 54.1 Å². The number of para-hydroxylation sites is 1. The highest BCUT2D eigenvalue weighted by Gasteiger charge is 2.25. The lowest BCUT2D eigenvalue weighted by atomic mass is 10.2. The molecule has 25 heavy (non-hydrogen) atoms. The van der Waals surface area contributed by atoms with Crippen molar-refractivity contribution in [2.24, 2.45) is 0 Å². The molecule has 2 aliphatic rings. The predicted octanol–water partition coefficient (Wildman–Crippen LogP) is 2.78. The molecule has 2 aliphatic heterocycles. The highest BCUT2D eigenvalue weighted by atomic mass is 16.5. The maximum absolute atomic E-state index is 12.5. The summed E-state index contributed by atoms with van der Waals surface area (Å²) in [6.07, 6.45) is 2.36. The molecular formula is C20H20N2O3. The van der Waals surface area contributed by atoms with Crippen LogP contribution in [0.25, 0.3) is 0 Å². The van der Waals surface area contributed by atoms with Gasteiger partial charge in [-0.15, -0.1) is 0 Å². The minimum Gasteiger partial charge on any atom is -0.484 e. The van der Waals surface area contributed by atoms with Crippen LogP contribution >= 0.6 is 0 Å². The van der Waals surface area contributed by atoms with E-state index in [0.29, 0.717) is 18.7 Å². The maximum Gasteiger partial charge on any atom is 0.264 e. The quantitative estimate of drug-likeness (QED) is 0.863. The van der Waals surface area contributed by atoms with Gasteiger partial charge in [-0.1, -0.05) is 24.3 Å². The third-order valence-corrected chi connectivity index (χ3v) is 4.75. The second kappa shape index (κ2) is 6.59. The summed E-state index contributed by atoms with van der Waals surface area (Å²) in [7, 11) is 0. The summed E-state index contributed by atoms with van der Waals surface area (Å²) in [5, 5.41) is 0. The molecule has 1 fully saturated rings. The standard InChI is InChI=1S/C20H20N2O3/c23-19-9-4-11-21(19)16-6-3-7-17(13-16)25-14-20(24)22-12-10-15-5-1-2-8-18(15)22/h1-3,5-8,13H,4,9-12,14H2. The van der Waals surface area contributed by atoms with Crippen molar-refractivity contribution < 1.29 is 14.3 Å². The van der Waals surface area contributed by atoms with Crippen molar-refractivity contribution in [3.63, 3.8) is 0 Å². The van der Waals surface area contributed by atoms with Crippen LogP contribution in [0.4, 0.5) is 11.4 Å². The first-order valence-corrected chi connectivity index (χ1v) is 8.64. The number of benzene rings is 2. The van der Waals surface area contributed by atoms with Crippen molar-refractivity contribution in [1.29, 1.82) is 0 Å². The number of anilines is 2. The topological polar surface area (TPSA) is 49.9 Å². The summed E-state index contributed by atoms with van der Waals surface area (Å²) < 4.78 is 5.70. The van der Waals surface area contributed by atoms with E-state index in [1.54, 1.807) is 9.80 Å². The lowest BCUT2D eigenvalue weighted by Gasteiger charge is -2.19. The average Bonchev–Trinajstić information content (AvgIpc) is 3.26. The maximum atomic E-state index is 12.5. The average molecular weight is 336 g/mol. The minimum absolute atomic E-state index is 0.00820. The molecule has 0 saturated carbocycles. The first kappa shape index (κ1) is 15.7. The van der Waals surface area contributed by atoms with Crippen LogP contribution in [0.15, 0.2) is 48.5 Å². The second-order valence-corrected chi connectivity index (χ2v) is 6.36. The zero-order chi connectivity index (χ0) is 17.2. The number of ether oxygens (including phenoxy) is 1. The van der Waals surface area contributed by atoms with Gasteiger partial charge in [-0.25, -0.2) is 0 Å². The highest BCUT2D eigenvalue weighted by Crippen LogP contribution is 2.28. The smallest absolute Gasteiger partial charge is 0.264 e. The molecule has 0 unspecified atom stereocenters. The fraction of sp³-hybridized carbons (Fsp3) is 0.300. The van der Waals surface area contributed by atoms with Gasteiger partial charge in [0.05, 0.1) is 0 Å². The van der Waals surface area contributed by atoms with E-state index in [1.807, 2.05) is 42.5 Å². The van der Waals surface area contributed by atoms with E-state index in [2.05, 4.69) is 6.07 Å². The van der Waals surface area contributed by atoms with Crippen molar-refractivity contribution in [2.75, 3.05) is 29.5 Å². The number of carbonyl (C=O) groups is 2. The second-order valence-electron chi connectivity index (χ2n) is 6.36. The number of hydrogen-bond acceptors (Lipinski definition) is 3. The molecule has 5 heteroatoms. The summed E-state index contributed by atoms with van der Waals surface area (Å²) in [5.74, 6) is 0.701. The summed E-state index contributed by atoms with van der Waals surface area (Å²) in [4.78, 5) is 27.9. The van der Waals surface area contributed by atoms with E-state index < -0.39 is 0 Å². The number of nitrogens with zero attached hydrogens (tertiary/aromatic N) is 2. The van der Waals surface area contributed by atoms with Crippen molar-refractivity contribution in [2.45, 2.75) is 19.3 Å². The molecule has 0 aliphatic carbocycles. The third-order valence-electron chi connectivity index (χ3n) is 4.75. The fourth-order valence-electron chi connectivity index (χ4n) is 3.48. The van der Waals surface area contributed by atoms with E-state index in [-0.39, 0.29) is 18.4 Å². The molecule has 0 spiro atoms. The molecule has 0 radical (unpaired) electrons. The van der Waals surface area contributed by atoms with Crippen LogP contribution in [0, 0.1) is 0 Å². The Morgan fingerprint density at radius 3 is 2.76 bits per heavy atom. The number of carbonyl (C=O) groups excluding carboxylic acids is 2. The van der Waals surface area contributed by atoms with Gasteiger partial charge in [0, 0.05) is 37.0 Å². The van der Waals surface area contributed by atoms with E-state index in [9.17, 15) is 9.59 Å². The molecule has 2 aromatic carbocycles. The first-order valence-electron chi connectivity index (χ1n) is 8.64. The van der Waals surface area contributed by atoms with Crippen LogP contribution in [0.2, 0.25) is 0 Å². The van der Waals surface area contributed by atoms with Crippen molar-refractivity contribution in [1.82, 2.24) is 0 Å². The Labute approximate surface area is 146 Å². The van der Waals surface area contributed by atoms with Crippen LogP contribution < -0.4 is 14.5 Å². The molecule has 1 saturated heterocycles. The number of amides is 2. The number of fused-ring (bicyclic) bond motifs is 1. The SMILES string of the molecule is O=C1CCCN1c1cccc(OCC(=O)N2CCc3ccccc32)c1. The minimum atomic E-state index is -0.0485. The van der Waals surface area contributed by atoms with Crippen LogP contribution in [0.1, 0.15) is 18.4 Å².